The van der Waals surface area contributed by atoms with Gasteiger partial charge in [-0.25, -0.2) is 8.42 Å². The number of fused-ring (bicyclic) bond motifs is 1. The summed E-state index contributed by atoms with van der Waals surface area (Å²) in [5.41, 5.74) is 4.06. The molecule has 1 heterocycles. The molecule has 3 aromatic rings. The molecule has 0 saturated heterocycles. The largest absolute Gasteiger partial charge is 0.493 e. The van der Waals surface area contributed by atoms with Crippen molar-refractivity contribution >= 4 is 20.8 Å². The molecule has 1 atom stereocenters. The first kappa shape index (κ1) is 24.1. The van der Waals surface area contributed by atoms with Crippen LogP contribution in [0.5, 0.6) is 11.5 Å². The highest BCUT2D eigenvalue weighted by atomic mass is 32.2. The van der Waals surface area contributed by atoms with Crippen LogP contribution in [0.15, 0.2) is 53.4 Å². The smallest absolute Gasteiger partial charge is 0.243 e. The molecular formula is C28H34N2O4S. The summed E-state index contributed by atoms with van der Waals surface area (Å²) in [6, 6.07) is 15.7. The maximum Gasteiger partial charge on any atom is 0.243 e. The summed E-state index contributed by atoms with van der Waals surface area (Å²) in [5.74, 6) is 1.70. The van der Waals surface area contributed by atoms with Crippen LogP contribution < -0.4 is 9.47 Å². The Morgan fingerprint density at radius 1 is 1.06 bits per heavy atom. The maximum atomic E-state index is 13.6. The number of nitrogens with zero attached hydrogens (tertiary/aromatic N) is 2. The number of hydrogen-bond donors (Lipinski definition) is 0. The lowest BCUT2D eigenvalue weighted by atomic mass is 9.92. The number of benzene rings is 3. The van der Waals surface area contributed by atoms with Crippen LogP contribution in [-0.2, 0) is 22.9 Å². The van der Waals surface area contributed by atoms with Gasteiger partial charge < -0.3 is 9.47 Å². The van der Waals surface area contributed by atoms with E-state index >= 15 is 0 Å². The van der Waals surface area contributed by atoms with E-state index in [1.807, 2.05) is 43.3 Å². The molecule has 0 fully saturated rings. The van der Waals surface area contributed by atoms with Crippen LogP contribution in [-0.4, -0.2) is 58.0 Å². The lowest BCUT2D eigenvalue weighted by Gasteiger charge is -2.36. The molecule has 0 radical (unpaired) electrons. The molecule has 0 saturated carbocycles. The third-order valence-electron chi connectivity index (χ3n) is 7.58. The molecule has 7 heteroatoms. The fourth-order valence-electron chi connectivity index (χ4n) is 5.95. The van der Waals surface area contributed by atoms with Gasteiger partial charge in [-0.05, 0) is 54.3 Å². The first-order valence-corrected chi connectivity index (χ1v) is 13.9. The van der Waals surface area contributed by atoms with E-state index in [9.17, 15) is 8.42 Å². The van der Waals surface area contributed by atoms with Gasteiger partial charge in [0, 0.05) is 43.2 Å². The third kappa shape index (κ3) is 4.20. The highest BCUT2D eigenvalue weighted by Gasteiger charge is 2.37. The first-order chi connectivity index (χ1) is 17.0. The Morgan fingerprint density at radius 3 is 2.63 bits per heavy atom. The molecule has 6 nitrogen and oxygen atoms in total. The van der Waals surface area contributed by atoms with Gasteiger partial charge in [0.25, 0.3) is 0 Å². The van der Waals surface area contributed by atoms with E-state index in [1.54, 1.807) is 24.6 Å². The Kier molecular flexibility index (Phi) is 6.75. The summed E-state index contributed by atoms with van der Waals surface area (Å²) in [5, 5.41) is 1.73. The van der Waals surface area contributed by atoms with Crippen molar-refractivity contribution in [2.24, 2.45) is 0 Å². The molecule has 0 aromatic heterocycles. The summed E-state index contributed by atoms with van der Waals surface area (Å²) in [7, 11) is -0.159. The van der Waals surface area contributed by atoms with Gasteiger partial charge in [-0.2, -0.15) is 4.31 Å². The van der Waals surface area contributed by atoms with Gasteiger partial charge in [0.1, 0.15) is 0 Å². The molecule has 186 valence electrons. The van der Waals surface area contributed by atoms with Crippen molar-refractivity contribution in [3.05, 3.63) is 65.2 Å². The zero-order valence-electron chi connectivity index (χ0n) is 20.8. The number of ether oxygens (including phenoxy) is 2. The standard InChI is InChI=1S/C28H34N2O4S/c1-4-30(35(31,32)26-12-7-10-20-9-5-6-11-22(20)26)17-8-16-29-18-15-21-19-25(33-2)28(34-3)23-13-14-24(29)27(21)23/h5-7,9-12,19,24H,4,8,13-18H2,1-3H3. The van der Waals surface area contributed by atoms with Crippen LogP contribution in [0.2, 0.25) is 0 Å². The van der Waals surface area contributed by atoms with Crippen molar-refractivity contribution in [2.75, 3.05) is 40.4 Å². The van der Waals surface area contributed by atoms with Crippen molar-refractivity contribution in [1.82, 2.24) is 9.21 Å². The van der Waals surface area contributed by atoms with Crippen LogP contribution in [0, 0.1) is 0 Å². The van der Waals surface area contributed by atoms with Crippen molar-refractivity contribution in [1.29, 1.82) is 0 Å². The predicted molar refractivity (Wildman–Crippen MR) is 139 cm³/mol. The van der Waals surface area contributed by atoms with E-state index in [-0.39, 0.29) is 0 Å². The quantitative estimate of drug-likeness (QED) is 0.428. The summed E-state index contributed by atoms with van der Waals surface area (Å²) >= 11 is 0. The second kappa shape index (κ2) is 9.80. The van der Waals surface area contributed by atoms with Gasteiger partial charge in [0.15, 0.2) is 11.5 Å². The Morgan fingerprint density at radius 2 is 1.86 bits per heavy atom. The molecule has 3 aromatic carbocycles. The monoisotopic (exact) mass is 494 g/mol. The van der Waals surface area contributed by atoms with Crippen molar-refractivity contribution in [3.63, 3.8) is 0 Å². The average molecular weight is 495 g/mol. The number of rotatable bonds is 9. The number of hydrogen-bond acceptors (Lipinski definition) is 5. The van der Waals surface area contributed by atoms with Crippen molar-refractivity contribution in [3.8, 4) is 11.5 Å². The van der Waals surface area contributed by atoms with E-state index in [0.717, 1.165) is 61.0 Å². The lowest BCUT2D eigenvalue weighted by Crippen LogP contribution is -2.38. The van der Waals surface area contributed by atoms with Gasteiger partial charge in [-0.3, -0.25) is 4.90 Å². The summed E-state index contributed by atoms with van der Waals surface area (Å²) in [4.78, 5) is 2.93. The molecule has 1 unspecified atom stereocenters. The van der Waals surface area contributed by atoms with E-state index in [2.05, 4.69) is 11.0 Å². The second-order valence-electron chi connectivity index (χ2n) is 9.33. The summed E-state index contributed by atoms with van der Waals surface area (Å²) in [6.45, 7) is 4.74. The zero-order chi connectivity index (χ0) is 24.6. The van der Waals surface area contributed by atoms with Crippen LogP contribution in [0.25, 0.3) is 10.8 Å². The number of sulfonamides is 1. The normalized spacial score (nSPS) is 17.7. The second-order valence-corrected chi connectivity index (χ2v) is 11.2. The van der Waals surface area contributed by atoms with Gasteiger partial charge in [0.2, 0.25) is 10.0 Å². The molecule has 2 aliphatic rings. The molecule has 0 spiro atoms. The van der Waals surface area contributed by atoms with Crippen molar-refractivity contribution in [2.45, 2.75) is 43.5 Å². The SMILES string of the molecule is CCN(CCCN1CCc2cc(OC)c(OC)c3c2C1CC3)S(=O)(=O)c1cccc2ccccc12. The van der Waals surface area contributed by atoms with E-state index in [4.69, 9.17) is 9.47 Å². The molecule has 0 amide bonds. The molecule has 5 rings (SSSR count). The van der Waals surface area contributed by atoms with Crippen LogP contribution in [0.3, 0.4) is 0 Å². The Labute approximate surface area is 208 Å². The van der Waals surface area contributed by atoms with Gasteiger partial charge in [0.05, 0.1) is 19.1 Å². The van der Waals surface area contributed by atoms with Crippen LogP contribution >= 0.6 is 0 Å². The van der Waals surface area contributed by atoms with Crippen LogP contribution in [0.4, 0.5) is 0 Å². The minimum Gasteiger partial charge on any atom is -0.493 e. The number of methoxy groups -OCH3 is 2. The fraction of sp³-hybridized carbons (Fsp3) is 0.429. The average Bonchev–Trinajstić information content (AvgIpc) is 3.33. The fourth-order valence-corrected chi connectivity index (χ4v) is 7.65. The molecular weight excluding hydrogens is 460 g/mol. The highest BCUT2D eigenvalue weighted by Crippen LogP contribution is 2.48. The highest BCUT2D eigenvalue weighted by molar-refractivity contribution is 7.89. The lowest BCUT2D eigenvalue weighted by molar-refractivity contribution is 0.179. The van der Waals surface area contributed by atoms with E-state index in [0.29, 0.717) is 24.0 Å². The molecule has 0 N–H and O–H groups in total. The third-order valence-corrected chi connectivity index (χ3v) is 9.61. The molecule has 1 aliphatic heterocycles. The first-order valence-electron chi connectivity index (χ1n) is 12.5. The Bertz CT molecular complexity index is 1330. The minimum atomic E-state index is -3.57. The van der Waals surface area contributed by atoms with E-state index in [1.165, 1.54) is 16.7 Å². The molecule has 1 aliphatic carbocycles. The van der Waals surface area contributed by atoms with Crippen LogP contribution in [0.1, 0.15) is 42.5 Å². The zero-order valence-corrected chi connectivity index (χ0v) is 21.6. The van der Waals surface area contributed by atoms with Gasteiger partial charge in [-0.15, -0.1) is 0 Å². The topological polar surface area (TPSA) is 59.1 Å². The Balaban J connectivity index is 1.31. The molecule has 35 heavy (non-hydrogen) atoms. The maximum absolute atomic E-state index is 13.6. The summed E-state index contributed by atoms with van der Waals surface area (Å²) < 4.78 is 40.1. The van der Waals surface area contributed by atoms with E-state index < -0.39 is 10.0 Å². The van der Waals surface area contributed by atoms with Gasteiger partial charge in [-0.1, -0.05) is 43.3 Å². The predicted octanol–water partition coefficient (Wildman–Crippen LogP) is 4.80. The van der Waals surface area contributed by atoms with Gasteiger partial charge >= 0.3 is 0 Å². The van der Waals surface area contributed by atoms with Crippen molar-refractivity contribution < 1.29 is 17.9 Å². The summed E-state index contributed by atoms with van der Waals surface area (Å²) in [6.07, 6.45) is 3.83. The molecule has 0 bridgehead atoms. The Hall–Kier alpha value is -2.61. The minimum absolute atomic E-state index is 0.373.